The van der Waals surface area contributed by atoms with Crippen LogP contribution in [0, 0.1) is 0 Å². The summed E-state index contributed by atoms with van der Waals surface area (Å²) in [4.78, 5) is 17.7. The minimum atomic E-state index is -0.0836. The topological polar surface area (TPSA) is 59.8 Å². The third-order valence-corrected chi connectivity index (χ3v) is 4.42. The highest BCUT2D eigenvalue weighted by molar-refractivity contribution is 7.98. The largest absolute Gasteiger partial charge is 0.348 e. The molecule has 0 radical (unpaired) electrons. The Kier molecular flexibility index (Phi) is 5.28. The van der Waals surface area contributed by atoms with Crippen LogP contribution in [0.1, 0.15) is 21.5 Å². The van der Waals surface area contributed by atoms with E-state index < -0.39 is 0 Å². The summed E-state index contributed by atoms with van der Waals surface area (Å²) in [5.41, 5.74) is 2.65. The lowest BCUT2D eigenvalue weighted by Gasteiger charge is -2.10. The Labute approximate surface area is 145 Å². The number of carbonyl (C=O) groups is 1. The summed E-state index contributed by atoms with van der Waals surface area (Å²) >= 11 is 1.70. The maximum atomic E-state index is 12.5. The first-order chi connectivity index (χ1) is 11.8. The van der Waals surface area contributed by atoms with Crippen molar-refractivity contribution < 1.29 is 4.79 Å². The molecule has 0 unspecified atom stereocenters. The van der Waals surface area contributed by atoms with Crippen LogP contribution in [-0.4, -0.2) is 26.9 Å². The van der Waals surface area contributed by atoms with E-state index in [2.05, 4.69) is 27.5 Å². The molecule has 0 aliphatic heterocycles. The van der Waals surface area contributed by atoms with Gasteiger partial charge in [0.2, 0.25) is 0 Å². The van der Waals surface area contributed by atoms with Gasteiger partial charge >= 0.3 is 0 Å². The minimum Gasteiger partial charge on any atom is -0.348 e. The van der Waals surface area contributed by atoms with Crippen molar-refractivity contribution >= 4 is 17.7 Å². The molecule has 0 saturated heterocycles. The normalized spacial score (nSPS) is 10.5. The molecule has 6 heteroatoms. The van der Waals surface area contributed by atoms with Gasteiger partial charge in [-0.25, -0.2) is 9.67 Å². The molecule has 5 nitrogen and oxygen atoms in total. The van der Waals surface area contributed by atoms with Crippen molar-refractivity contribution in [2.75, 3.05) is 6.26 Å². The van der Waals surface area contributed by atoms with Crippen molar-refractivity contribution in [3.05, 3.63) is 77.9 Å². The van der Waals surface area contributed by atoms with E-state index in [1.54, 1.807) is 22.8 Å². The highest BCUT2D eigenvalue weighted by Crippen LogP contribution is 2.15. The van der Waals surface area contributed by atoms with E-state index in [9.17, 15) is 4.79 Å². The third kappa shape index (κ3) is 4.02. The van der Waals surface area contributed by atoms with Gasteiger partial charge < -0.3 is 5.32 Å². The van der Waals surface area contributed by atoms with E-state index in [-0.39, 0.29) is 5.91 Å². The van der Waals surface area contributed by atoms with E-state index in [0.717, 1.165) is 11.1 Å². The fourth-order valence-corrected chi connectivity index (χ4v) is 2.80. The molecule has 0 fully saturated rings. The zero-order valence-corrected chi connectivity index (χ0v) is 14.2. The number of benzene rings is 2. The van der Waals surface area contributed by atoms with Crippen LogP contribution in [-0.2, 0) is 13.1 Å². The molecule has 0 saturated carbocycles. The molecule has 2 aromatic carbocycles. The molecule has 0 bridgehead atoms. The summed E-state index contributed by atoms with van der Waals surface area (Å²) < 4.78 is 1.70. The smallest absolute Gasteiger partial charge is 0.251 e. The van der Waals surface area contributed by atoms with Gasteiger partial charge in [-0.1, -0.05) is 30.3 Å². The van der Waals surface area contributed by atoms with Crippen LogP contribution < -0.4 is 5.32 Å². The monoisotopic (exact) mass is 338 g/mol. The number of aromatic nitrogens is 3. The fourth-order valence-electron chi connectivity index (χ4n) is 2.39. The summed E-state index contributed by atoms with van der Waals surface area (Å²) in [5, 5.41) is 7.08. The van der Waals surface area contributed by atoms with Crippen LogP contribution in [0.15, 0.2) is 66.1 Å². The first-order valence-electron chi connectivity index (χ1n) is 7.57. The number of thioether (sulfide) groups is 1. The van der Waals surface area contributed by atoms with Gasteiger partial charge in [-0.05, 0) is 35.6 Å². The Morgan fingerprint density at radius 2 is 1.96 bits per heavy atom. The molecule has 0 spiro atoms. The average molecular weight is 338 g/mol. The number of rotatable bonds is 6. The molecule has 122 valence electrons. The Morgan fingerprint density at radius 1 is 1.17 bits per heavy atom. The van der Waals surface area contributed by atoms with Gasteiger partial charge in [0.25, 0.3) is 5.91 Å². The average Bonchev–Trinajstić information content (AvgIpc) is 3.13. The molecule has 3 aromatic rings. The zero-order chi connectivity index (χ0) is 16.8. The van der Waals surface area contributed by atoms with Gasteiger partial charge in [0, 0.05) is 17.0 Å². The summed E-state index contributed by atoms with van der Waals surface area (Å²) in [7, 11) is 0. The quantitative estimate of drug-likeness (QED) is 0.702. The summed E-state index contributed by atoms with van der Waals surface area (Å²) in [6.07, 6.45) is 5.17. The third-order valence-electron chi connectivity index (χ3n) is 3.67. The summed E-state index contributed by atoms with van der Waals surface area (Å²) in [5.74, 6) is -0.0836. The van der Waals surface area contributed by atoms with Crippen LogP contribution in [0.2, 0.25) is 0 Å². The van der Waals surface area contributed by atoms with Gasteiger partial charge in [0.05, 0.1) is 6.54 Å². The Hall–Kier alpha value is -2.60. The Bertz CT molecular complexity index is 800. The molecular weight excluding hydrogens is 320 g/mol. The highest BCUT2D eigenvalue weighted by atomic mass is 32.2. The number of hydrogen-bond acceptors (Lipinski definition) is 4. The molecule has 24 heavy (non-hydrogen) atoms. The van der Waals surface area contributed by atoms with E-state index in [4.69, 9.17) is 0 Å². The predicted molar refractivity (Wildman–Crippen MR) is 95.0 cm³/mol. The van der Waals surface area contributed by atoms with Crippen molar-refractivity contribution in [3.8, 4) is 0 Å². The van der Waals surface area contributed by atoms with Gasteiger partial charge in [-0.2, -0.15) is 5.10 Å². The van der Waals surface area contributed by atoms with E-state index >= 15 is 0 Å². The highest BCUT2D eigenvalue weighted by Gasteiger charge is 2.11. The molecule has 0 aliphatic rings. The molecule has 1 heterocycles. The lowest BCUT2D eigenvalue weighted by Crippen LogP contribution is -2.24. The van der Waals surface area contributed by atoms with Gasteiger partial charge in [0.1, 0.15) is 12.7 Å². The molecule has 1 N–H and O–H groups in total. The second-order valence-electron chi connectivity index (χ2n) is 5.28. The van der Waals surface area contributed by atoms with Gasteiger partial charge in [-0.15, -0.1) is 11.8 Å². The summed E-state index contributed by atoms with van der Waals surface area (Å²) in [6, 6.07) is 15.7. The Morgan fingerprint density at radius 3 is 2.67 bits per heavy atom. The fraction of sp³-hybridized carbons (Fsp3) is 0.167. The number of hydrogen-bond donors (Lipinski definition) is 1. The number of amides is 1. The van der Waals surface area contributed by atoms with E-state index in [0.29, 0.717) is 18.7 Å². The van der Waals surface area contributed by atoms with E-state index in [1.165, 1.54) is 11.2 Å². The van der Waals surface area contributed by atoms with Crippen molar-refractivity contribution in [3.63, 3.8) is 0 Å². The molecule has 1 aromatic heterocycles. The molecule has 0 atom stereocenters. The SMILES string of the molecule is CSc1ccc(CNC(=O)c2ccccc2Cn2cncn2)cc1. The van der Waals surface area contributed by atoms with Crippen molar-refractivity contribution in [2.45, 2.75) is 18.0 Å². The van der Waals surface area contributed by atoms with Gasteiger partial charge in [0.15, 0.2) is 0 Å². The van der Waals surface area contributed by atoms with E-state index in [1.807, 2.05) is 42.7 Å². The molecule has 3 rings (SSSR count). The van der Waals surface area contributed by atoms with Crippen LogP contribution in [0.5, 0.6) is 0 Å². The number of nitrogens with zero attached hydrogens (tertiary/aromatic N) is 3. The lowest BCUT2D eigenvalue weighted by molar-refractivity contribution is 0.0950. The standard InChI is InChI=1S/C18H18N4OS/c1-24-16-8-6-14(7-9-16)10-20-18(23)17-5-3-2-4-15(17)11-22-13-19-12-21-22/h2-9,12-13H,10-11H2,1H3,(H,20,23). The van der Waals surface area contributed by atoms with Crippen LogP contribution >= 0.6 is 11.8 Å². The Balaban J connectivity index is 1.68. The number of nitrogens with one attached hydrogen (secondary N) is 1. The zero-order valence-electron chi connectivity index (χ0n) is 13.3. The minimum absolute atomic E-state index is 0.0836. The summed E-state index contributed by atoms with van der Waals surface area (Å²) in [6.45, 7) is 1.02. The maximum Gasteiger partial charge on any atom is 0.251 e. The second-order valence-corrected chi connectivity index (χ2v) is 6.16. The van der Waals surface area contributed by atoms with Crippen molar-refractivity contribution in [2.24, 2.45) is 0 Å². The van der Waals surface area contributed by atoms with Crippen LogP contribution in [0.4, 0.5) is 0 Å². The van der Waals surface area contributed by atoms with Crippen LogP contribution in [0.3, 0.4) is 0 Å². The lowest BCUT2D eigenvalue weighted by atomic mass is 10.1. The second kappa shape index (κ2) is 7.79. The first kappa shape index (κ1) is 16.3. The molecule has 0 aliphatic carbocycles. The maximum absolute atomic E-state index is 12.5. The van der Waals surface area contributed by atoms with Crippen LogP contribution in [0.25, 0.3) is 0 Å². The molecular formula is C18H18N4OS. The van der Waals surface area contributed by atoms with Crippen molar-refractivity contribution in [1.82, 2.24) is 20.1 Å². The first-order valence-corrected chi connectivity index (χ1v) is 8.80. The van der Waals surface area contributed by atoms with Gasteiger partial charge in [-0.3, -0.25) is 4.79 Å². The van der Waals surface area contributed by atoms with Crippen molar-refractivity contribution in [1.29, 1.82) is 0 Å². The predicted octanol–water partition coefficient (Wildman–Crippen LogP) is 2.98. The number of carbonyl (C=O) groups excluding carboxylic acids is 1. The molecule has 1 amide bonds.